The number of rotatable bonds is 2. The maximum Gasteiger partial charge on any atom is 0.0629 e. The van der Waals surface area contributed by atoms with Crippen LogP contribution in [0.15, 0.2) is 71.7 Å². The Labute approximate surface area is 127 Å². The summed E-state index contributed by atoms with van der Waals surface area (Å²) in [5.74, 6) is 0. The molecule has 0 spiro atoms. The molecule has 1 nitrogen and oxygen atoms in total. The molecule has 0 radical (unpaired) electrons. The third-order valence-electron chi connectivity index (χ3n) is 3.25. The highest BCUT2D eigenvalue weighted by molar-refractivity contribution is 5.94. The highest BCUT2D eigenvalue weighted by Gasteiger charge is 2.09. The van der Waals surface area contributed by atoms with Gasteiger partial charge < -0.3 is 0 Å². The van der Waals surface area contributed by atoms with Crippen LogP contribution in [0.3, 0.4) is 0 Å². The summed E-state index contributed by atoms with van der Waals surface area (Å²) in [6.45, 7) is 6.14. The van der Waals surface area contributed by atoms with Crippen molar-refractivity contribution in [1.82, 2.24) is 0 Å². The Morgan fingerprint density at radius 1 is 0.762 bits per heavy atom. The number of aliphatic imine (C=N–C) groups is 1. The predicted octanol–water partition coefficient (Wildman–Crippen LogP) is 5.88. The summed E-state index contributed by atoms with van der Waals surface area (Å²) in [5, 5.41) is 0. The molecule has 0 atom stereocenters. The van der Waals surface area contributed by atoms with Gasteiger partial charge >= 0.3 is 0 Å². The average molecular weight is 275 g/mol. The van der Waals surface area contributed by atoms with Crippen molar-refractivity contribution in [3.63, 3.8) is 0 Å². The summed E-state index contributed by atoms with van der Waals surface area (Å²) in [5.41, 5.74) is 5.99. The van der Waals surface area contributed by atoms with Gasteiger partial charge in [-0.2, -0.15) is 0 Å². The van der Waals surface area contributed by atoms with Gasteiger partial charge in [-0.3, -0.25) is 4.99 Å². The molecule has 0 unspecified atom stereocenters. The first-order valence-electron chi connectivity index (χ1n) is 7.42. The summed E-state index contributed by atoms with van der Waals surface area (Å²) < 4.78 is 0. The van der Waals surface area contributed by atoms with Crippen molar-refractivity contribution in [2.45, 2.75) is 20.8 Å². The monoisotopic (exact) mass is 275 g/mol. The normalized spacial score (nSPS) is 10.4. The SMILES string of the molecule is CC.Cc1cc(C=Nc2ccccc2)c2cccccc1-2. The maximum absolute atomic E-state index is 4.54. The fourth-order valence-corrected chi connectivity index (χ4v) is 2.30. The summed E-state index contributed by atoms with van der Waals surface area (Å²) in [7, 11) is 0. The van der Waals surface area contributed by atoms with E-state index in [9.17, 15) is 0 Å². The topological polar surface area (TPSA) is 12.4 Å². The predicted molar refractivity (Wildman–Crippen MR) is 92.8 cm³/mol. The first-order chi connectivity index (χ1) is 10.3. The molecule has 0 bridgehead atoms. The average Bonchev–Trinajstić information content (AvgIpc) is 2.72. The molecule has 0 saturated carbocycles. The van der Waals surface area contributed by atoms with Gasteiger partial charge in [-0.05, 0) is 41.8 Å². The molecule has 0 saturated heterocycles. The first-order valence-corrected chi connectivity index (χ1v) is 7.42. The van der Waals surface area contributed by atoms with E-state index < -0.39 is 0 Å². The number of nitrogens with zero attached hydrogens (tertiary/aromatic N) is 1. The van der Waals surface area contributed by atoms with Crippen LogP contribution in [0.25, 0.3) is 11.1 Å². The Hall–Kier alpha value is -2.41. The van der Waals surface area contributed by atoms with Gasteiger partial charge in [0.25, 0.3) is 0 Å². The van der Waals surface area contributed by atoms with E-state index in [1.165, 1.54) is 22.3 Å². The Kier molecular flexibility index (Phi) is 5.28. The lowest BCUT2D eigenvalue weighted by atomic mass is 10.1. The standard InChI is InChI=1S/C18H15N.C2H6/c1-14-12-15(13-19-16-8-4-2-5-9-16)18-11-7-3-6-10-17(14)18;1-2/h2-13H,1H3;1-2H3. The Balaban J connectivity index is 0.000000774. The molecule has 0 amide bonds. The number of benzene rings is 1. The Bertz CT molecular complexity index is 683. The zero-order chi connectivity index (χ0) is 15.1. The van der Waals surface area contributed by atoms with Crippen molar-refractivity contribution < 1.29 is 0 Å². The van der Waals surface area contributed by atoms with Crippen LogP contribution in [0, 0.1) is 6.92 Å². The van der Waals surface area contributed by atoms with Crippen molar-refractivity contribution in [3.8, 4) is 11.1 Å². The van der Waals surface area contributed by atoms with E-state index in [0.29, 0.717) is 0 Å². The van der Waals surface area contributed by atoms with Crippen LogP contribution in [0.4, 0.5) is 5.69 Å². The van der Waals surface area contributed by atoms with Gasteiger partial charge in [0, 0.05) is 11.8 Å². The third-order valence-corrected chi connectivity index (χ3v) is 3.25. The van der Waals surface area contributed by atoms with Crippen molar-refractivity contribution in [2.24, 2.45) is 4.99 Å². The van der Waals surface area contributed by atoms with Gasteiger partial charge in [-0.15, -0.1) is 0 Å². The molecule has 0 heterocycles. The zero-order valence-corrected chi connectivity index (χ0v) is 12.9. The van der Waals surface area contributed by atoms with Gasteiger partial charge in [0.05, 0.1) is 5.69 Å². The van der Waals surface area contributed by atoms with Crippen molar-refractivity contribution >= 4 is 11.9 Å². The van der Waals surface area contributed by atoms with E-state index in [4.69, 9.17) is 0 Å². The molecule has 1 aromatic rings. The van der Waals surface area contributed by atoms with Crippen LogP contribution in [0.1, 0.15) is 25.0 Å². The molecule has 3 rings (SSSR count). The lowest BCUT2D eigenvalue weighted by Crippen LogP contribution is -1.78. The Morgan fingerprint density at radius 3 is 2.00 bits per heavy atom. The molecular weight excluding hydrogens is 254 g/mol. The Morgan fingerprint density at radius 2 is 1.33 bits per heavy atom. The summed E-state index contributed by atoms with van der Waals surface area (Å²) in [6, 6.07) is 22.7. The van der Waals surface area contributed by atoms with E-state index in [1.54, 1.807) is 0 Å². The van der Waals surface area contributed by atoms with E-state index in [2.05, 4.69) is 48.3 Å². The highest BCUT2D eigenvalue weighted by Crippen LogP contribution is 2.30. The van der Waals surface area contributed by atoms with E-state index in [1.807, 2.05) is 50.4 Å². The molecule has 106 valence electrons. The lowest BCUT2D eigenvalue weighted by molar-refractivity contribution is 1.50. The number of fused-ring (bicyclic) bond motifs is 1. The van der Waals surface area contributed by atoms with Crippen LogP contribution < -0.4 is 0 Å². The van der Waals surface area contributed by atoms with Crippen LogP contribution in [0.2, 0.25) is 0 Å². The first kappa shape index (κ1) is 15.0. The summed E-state index contributed by atoms with van der Waals surface area (Å²) in [4.78, 5) is 4.54. The molecule has 21 heavy (non-hydrogen) atoms. The largest absolute Gasteiger partial charge is 0.256 e. The molecule has 1 heteroatoms. The smallest absolute Gasteiger partial charge is 0.0629 e. The fraction of sp³-hybridized carbons (Fsp3) is 0.150. The van der Waals surface area contributed by atoms with Crippen molar-refractivity contribution in [3.05, 3.63) is 77.9 Å². The van der Waals surface area contributed by atoms with Crippen LogP contribution in [0.5, 0.6) is 0 Å². The maximum atomic E-state index is 4.54. The molecule has 0 aliphatic heterocycles. The molecule has 0 aromatic heterocycles. The second-order valence-corrected chi connectivity index (χ2v) is 4.61. The van der Waals surface area contributed by atoms with Crippen LogP contribution >= 0.6 is 0 Å². The van der Waals surface area contributed by atoms with E-state index in [-0.39, 0.29) is 0 Å². The second-order valence-electron chi connectivity index (χ2n) is 4.61. The van der Waals surface area contributed by atoms with Crippen LogP contribution in [-0.4, -0.2) is 6.21 Å². The molecule has 2 aliphatic rings. The molecule has 0 fully saturated rings. The highest BCUT2D eigenvalue weighted by atomic mass is 14.7. The number of hydrogen-bond acceptors (Lipinski definition) is 1. The van der Waals surface area contributed by atoms with E-state index in [0.717, 1.165) is 5.69 Å². The fourth-order valence-electron chi connectivity index (χ4n) is 2.30. The summed E-state index contributed by atoms with van der Waals surface area (Å²) >= 11 is 0. The van der Waals surface area contributed by atoms with E-state index >= 15 is 0 Å². The van der Waals surface area contributed by atoms with Gasteiger partial charge in [-0.1, -0.05) is 62.4 Å². The van der Waals surface area contributed by atoms with Crippen LogP contribution in [-0.2, 0) is 0 Å². The van der Waals surface area contributed by atoms with Crippen molar-refractivity contribution in [1.29, 1.82) is 0 Å². The summed E-state index contributed by atoms with van der Waals surface area (Å²) in [6.07, 6.45) is 1.95. The number of para-hydroxylation sites is 1. The van der Waals surface area contributed by atoms with Gasteiger partial charge in [0.2, 0.25) is 0 Å². The molecule has 0 N–H and O–H groups in total. The minimum Gasteiger partial charge on any atom is -0.256 e. The number of hydrogen-bond donors (Lipinski definition) is 0. The van der Waals surface area contributed by atoms with Gasteiger partial charge in [0.15, 0.2) is 0 Å². The molecular formula is C20H21N. The molecule has 1 aromatic carbocycles. The second kappa shape index (κ2) is 7.39. The minimum absolute atomic E-state index is 0.981. The quantitative estimate of drug-likeness (QED) is 0.518. The number of aryl methyl sites for hydroxylation is 1. The molecule has 2 aliphatic carbocycles. The van der Waals surface area contributed by atoms with Gasteiger partial charge in [-0.25, -0.2) is 0 Å². The lowest BCUT2D eigenvalue weighted by Gasteiger charge is -1.96. The third kappa shape index (κ3) is 3.57. The minimum atomic E-state index is 0.981. The van der Waals surface area contributed by atoms with Crippen molar-refractivity contribution in [2.75, 3.05) is 0 Å². The van der Waals surface area contributed by atoms with Gasteiger partial charge in [0.1, 0.15) is 0 Å². The zero-order valence-electron chi connectivity index (χ0n) is 12.9.